The lowest BCUT2D eigenvalue weighted by Gasteiger charge is -2.46. The second-order valence-corrected chi connectivity index (χ2v) is 25.4. The molecule has 12 atom stereocenters. The first kappa shape index (κ1) is 78.6. The number of rotatable bonds is 59. The average molecular weight is 1200 g/mol. The van der Waals surface area contributed by atoms with Crippen LogP contribution in [0.25, 0.3) is 0 Å². The van der Waals surface area contributed by atoms with E-state index in [9.17, 15) is 45.6 Å². The van der Waals surface area contributed by atoms with Crippen molar-refractivity contribution in [2.75, 3.05) is 19.8 Å². The fourth-order valence-corrected chi connectivity index (χ4v) is 12.0. The minimum absolute atomic E-state index is 0.242. The molecule has 0 radical (unpaired) electrons. The predicted molar refractivity (Wildman–Crippen MR) is 342 cm³/mol. The number of carbonyl (C=O) groups excluding carboxylic acids is 1. The van der Waals surface area contributed by atoms with Gasteiger partial charge in [0.1, 0.15) is 48.8 Å². The van der Waals surface area contributed by atoms with E-state index in [-0.39, 0.29) is 18.9 Å². The van der Waals surface area contributed by atoms with E-state index in [2.05, 4.69) is 31.3 Å². The summed E-state index contributed by atoms with van der Waals surface area (Å²) in [5.41, 5.74) is 0. The second-order valence-electron chi connectivity index (χ2n) is 25.4. The van der Waals surface area contributed by atoms with E-state index in [1.807, 2.05) is 6.08 Å². The third-order valence-electron chi connectivity index (χ3n) is 17.6. The van der Waals surface area contributed by atoms with Crippen LogP contribution in [0, 0.1) is 0 Å². The van der Waals surface area contributed by atoms with Gasteiger partial charge in [0.15, 0.2) is 12.6 Å². The Bertz CT molecular complexity index is 1500. The lowest BCUT2D eigenvalue weighted by atomic mass is 9.97. The van der Waals surface area contributed by atoms with E-state index < -0.39 is 86.8 Å². The number of unbranched alkanes of at least 4 members (excludes halogenated alkanes) is 44. The van der Waals surface area contributed by atoms with Crippen LogP contribution in [0.2, 0.25) is 0 Å². The number of aliphatic hydroxyl groups excluding tert-OH is 8. The van der Waals surface area contributed by atoms with Crippen molar-refractivity contribution in [3.8, 4) is 0 Å². The molecule has 2 aliphatic heterocycles. The number of hydrogen-bond acceptors (Lipinski definition) is 13. The van der Waals surface area contributed by atoms with Gasteiger partial charge in [-0.05, 0) is 32.1 Å². The first-order valence-electron chi connectivity index (χ1n) is 35.6. The van der Waals surface area contributed by atoms with Crippen LogP contribution in [-0.4, -0.2) is 140 Å². The third-order valence-corrected chi connectivity index (χ3v) is 17.6. The Morgan fingerprint density at radius 2 is 0.762 bits per heavy atom. The van der Waals surface area contributed by atoms with Gasteiger partial charge in [0.25, 0.3) is 0 Å². The maximum Gasteiger partial charge on any atom is 0.220 e. The highest BCUT2D eigenvalue weighted by Crippen LogP contribution is 2.30. The number of nitrogens with one attached hydrogen (secondary N) is 1. The molecule has 0 bridgehead atoms. The van der Waals surface area contributed by atoms with Gasteiger partial charge in [-0.2, -0.15) is 0 Å². The zero-order valence-corrected chi connectivity index (χ0v) is 53.9. The lowest BCUT2D eigenvalue weighted by molar-refractivity contribution is -0.359. The van der Waals surface area contributed by atoms with Crippen LogP contribution in [0.5, 0.6) is 0 Å². The van der Waals surface area contributed by atoms with Crippen molar-refractivity contribution in [1.82, 2.24) is 5.32 Å². The SMILES string of the molecule is CCCCCCCCCCCCCCCC/C=C/CC/C=C/C(O)C(COC1OC(CO)C(OC2OC(CO)C(O)C(O)C2O)C(O)C1O)NC(=O)CCCCCCCCCCCCCCCCCCCCCCCCCCCCCCCC. The minimum Gasteiger partial charge on any atom is -0.394 e. The van der Waals surface area contributed by atoms with Crippen molar-refractivity contribution in [1.29, 1.82) is 0 Å². The quantitative estimate of drug-likeness (QED) is 0.0204. The van der Waals surface area contributed by atoms with Gasteiger partial charge in [0, 0.05) is 6.42 Å². The van der Waals surface area contributed by atoms with Crippen LogP contribution in [0.15, 0.2) is 24.3 Å². The summed E-state index contributed by atoms with van der Waals surface area (Å²) in [4.78, 5) is 13.3. The zero-order chi connectivity index (χ0) is 60.9. The molecule has 14 heteroatoms. The molecule has 12 unspecified atom stereocenters. The van der Waals surface area contributed by atoms with E-state index >= 15 is 0 Å². The van der Waals surface area contributed by atoms with E-state index in [1.54, 1.807) is 6.08 Å². The molecular weight excluding hydrogens is 1060 g/mol. The number of carbonyl (C=O) groups is 1. The van der Waals surface area contributed by atoms with E-state index in [4.69, 9.17) is 18.9 Å². The first-order valence-corrected chi connectivity index (χ1v) is 35.6. The molecule has 2 fully saturated rings. The van der Waals surface area contributed by atoms with Gasteiger partial charge >= 0.3 is 0 Å². The van der Waals surface area contributed by atoms with Gasteiger partial charge in [0.05, 0.1) is 32.0 Å². The summed E-state index contributed by atoms with van der Waals surface area (Å²) in [5, 5.41) is 87.4. The van der Waals surface area contributed by atoms with Crippen molar-refractivity contribution in [3.63, 3.8) is 0 Å². The number of amides is 1. The molecule has 496 valence electrons. The molecule has 1 amide bonds. The van der Waals surface area contributed by atoms with Crippen molar-refractivity contribution in [3.05, 3.63) is 24.3 Å². The summed E-state index contributed by atoms with van der Waals surface area (Å²) >= 11 is 0. The maximum atomic E-state index is 13.3. The van der Waals surface area contributed by atoms with E-state index in [0.717, 1.165) is 32.1 Å². The van der Waals surface area contributed by atoms with E-state index in [0.29, 0.717) is 12.8 Å². The molecule has 2 aliphatic rings. The molecule has 84 heavy (non-hydrogen) atoms. The Labute approximate surface area is 513 Å². The van der Waals surface area contributed by atoms with Gasteiger partial charge in [-0.3, -0.25) is 4.79 Å². The molecule has 0 aromatic carbocycles. The molecule has 0 aromatic rings. The minimum atomic E-state index is -1.79. The molecule has 9 N–H and O–H groups in total. The summed E-state index contributed by atoms with van der Waals surface area (Å²) in [6.07, 6.45) is 52.5. The monoisotopic (exact) mass is 1200 g/mol. The van der Waals surface area contributed by atoms with Crippen LogP contribution in [0.4, 0.5) is 0 Å². The highest BCUT2D eigenvalue weighted by atomic mass is 16.7. The van der Waals surface area contributed by atoms with Gasteiger partial charge in [-0.15, -0.1) is 0 Å². The smallest absolute Gasteiger partial charge is 0.220 e. The Balaban J connectivity index is 1.66. The van der Waals surface area contributed by atoms with Crippen molar-refractivity contribution < 1.29 is 64.6 Å². The third kappa shape index (κ3) is 39.5. The molecular formula is C70H133NO13. The Hall–Kier alpha value is -1.53. The van der Waals surface area contributed by atoms with Crippen LogP contribution in [0.3, 0.4) is 0 Å². The zero-order valence-electron chi connectivity index (χ0n) is 53.9. The Morgan fingerprint density at radius 3 is 1.17 bits per heavy atom. The Kier molecular flexibility index (Phi) is 51.9. The summed E-state index contributed by atoms with van der Waals surface area (Å²) in [6, 6.07) is -0.929. The van der Waals surface area contributed by atoms with Gasteiger partial charge in [-0.1, -0.05) is 308 Å². The van der Waals surface area contributed by atoms with Crippen LogP contribution < -0.4 is 5.32 Å². The highest BCUT2D eigenvalue weighted by molar-refractivity contribution is 5.76. The fraction of sp³-hybridized carbons (Fsp3) is 0.929. The summed E-state index contributed by atoms with van der Waals surface area (Å²) in [5.74, 6) is -0.242. The van der Waals surface area contributed by atoms with Crippen molar-refractivity contribution in [2.45, 2.75) is 396 Å². The van der Waals surface area contributed by atoms with Crippen molar-refractivity contribution in [2.24, 2.45) is 0 Å². The predicted octanol–water partition coefficient (Wildman–Crippen LogP) is 14.3. The van der Waals surface area contributed by atoms with Gasteiger partial charge in [0.2, 0.25) is 5.91 Å². The van der Waals surface area contributed by atoms with Crippen LogP contribution in [0.1, 0.15) is 322 Å². The molecule has 0 aromatic heterocycles. The maximum absolute atomic E-state index is 13.3. The van der Waals surface area contributed by atoms with Crippen molar-refractivity contribution >= 4 is 5.91 Å². The number of aliphatic hydroxyl groups is 8. The average Bonchev–Trinajstić information content (AvgIpc) is 3.62. The van der Waals surface area contributed by atoms with Crippen LogP contribution >= 0.6 is 0 Å². The van der Waals surface area contributed by atoms with Gasteiger partial charge < -0.3 is 65.1 Å². The number of allylic oxidation sites excluding steroid dienone is 3. The number of hydrogen-bond donors (Lipinski definition) is 9. The fourth-order valence-electron chi connectivity index (χ4n) is 12.0. The molecule has 0 saturated carbocycles. The van der Waals surface area contributed by atoms with Crippen LogP contribution in [-0.2, 0) is 23.7 Å². The highest BCUT2D eigenvalue weighted by Gasteiger charge is 2.51. The molecule has 2 saturated heterocycles. The molecule has 0 aliphatic carbocycles. The molecule has 14 nitrogen and oxygen atoms in total. The lowest BCUT2D eigenvalue weighted by Crippen LogP contribution is -2.65. The second kappa shape index (κ2) is 55.5. The summed E-state index contributed by atoms with van der Waals surface area (Å²) in [6.45, 7) is 2.83. The van der Waals surface area contributed by atoms with Gasteiger partial charge in [-0.25, -0.2) is 0 Å². The first-order chi connectivity index (χ1) is 41.1. The molecule has 2 rings (SSSR count). The summed E-state index contributed by atoms with van der Waals surface area (Å²) < 4.78 is 22.8. The largest absolute Gasteiger partial charge is 0.394 e. The topological polar surface area (TPSA) is 228 Å². The number of ether oxygens (including phenoxy) is 4. The standard InChI is InChI=1S/C70H133NO13/c1-3-5-7-9-11-13-15-17-19-21-23-25-26-27-28-29-30-31-32-33-34-36-38-40-42-44-46-48-50-52-54-62(75)71-58(59(74)53-51-49-47-45-43-41-39-37-35-24-22-20-18-16-14-12-10-8-6-4-2)57-81-69-67(80)65(78)68(61(56-73)83-69)84-70-66(79)64(77)63(76)60(55-72)82-70/h43,45,51,53,58-61,63-70,72-74,76-80H,3-42,44,46-50,52,54-57H2,1-2H3,(H,71,75)/b45-43+,53-51+. The Morgan fingerprint density at radius 1 is 0.417 bits per heavy atom. The molecule has 0 spiro atoms. The summed E-state index contributed by atoms with van der Waals surface area (Å²) in [7, 11) is 0. The molecule has 2 heterocycles. The normalized spacial score (nSPS) is 23.7. The van der Waals surface area contributed by atoms with E-state index in [1.165, 1.54) is 257 Å².